The minimum absolute atomic E-state index is 0.220. The SMILES string of the molecule is Cc1nc2sc3c(c2c2nc(C(=O)NCCCN(C)C)nn12)CCC3. The third kappa shape index (κ3) is 2.89. The fourth-order valence-corrected chi connectivity index (χ4v) is 4.67. The number of hydrogen-bond donors (Lipinski definition) is 1. The van der Waals surface area contributed by atoms with Gasteiger partial charge in [0.25, 0.3) is 5.91 Å². The maximum absolute atomic E-state index is 12.4. The smallest absolute Gasteiger partial charge is 0.290 e. The Morgan fingerprint density at radius 2 is 2.16 bits per heavy atom. The zero-order valence-electron chi connectivity index (χ0n) is 14.8. The van der Waals surface area contributed by atoms with Crippen molar-refractivity contribution in [2.75, 3.05) is 27.2 Å². The number of amides is 1. The number of fused-ring (bicyclic) bond motifs is 5. The van der Waals surface area contributed by atoms with Gasteiger partial charge in [-0.2, -0.15) is 4.52 Å². The normalized spacial score (nSPS) is 13.9. The van der Waals surface area contributed by atoms with Gasteiger partial charge in [-0.05, 0) is 58.8 Å². The summed E-state index contributed by atoms with van der Waals surface area (Å²) in [5, 5.41) is 8.40. The first-order valence-corrected chi connectivity index (χ1v) is 9.47. The summed E-state index contributed by atoms with van der Waals surface area (Å²) in [5.41, 5.74) is 2.11. The molecule has 0 bridgehead atoms. The molecule has 3 aromatic heterocycles. The molecule has 0 atom stereocenters. The lowest BCUT2D eigenvalue weighted by molar-refractivity contribution is 0.0942. The Bertz CT molecular complexity index is 957. The molecule has 3 aromatic rings. The number of aromatic nitrogens is 4. The van der Waals surface area contributed by atoms with E-state index >= 15 is 0 Å². The molecule has 25 heavy (non-hydrogen) atoms. The Labute approximate surface area is 150 Å². The van der Waals surface area contributed by atoms with Crippen molar-refractivity contribution < 1.29 is 4.79 Å². The van der Waals surface area contributed by atoms with Crippen molar-refractivity contribution in [2.45, 2.75) is 32.6 Å². The zero-order valence-corrected chi connectivity index (χ0v) is 15.6. The highest BCUT2D eigenvalue weighted by Gasteiger charge is 2.24. The summed E-state index contributed by atoms with van der Waals surface area (Å²) in [6.45, 7) is 3.46. The van der Waals surface area contributed by atoms with E-state index in [0.717, 1.165) is 47.5 Å². The molecule has 3 heterocycles. The van der Waals surface area contributed by atoms with E-state index in [2.05, 4.69) is 25.3 Å². The number of nitrogens with one attached hydrogen (secondary N) is 1. The van der Waals surface area contributed by atoms with Gasteiger partial charge in [0.15, 0.2) is 5.65 Å². The summed E-state index contributed by atoms with van der Waals surface area (Å²) < 4.78 is 1.71. The fraction of sp³-hybridized carbons (Fsp3) is 0.529. The third-order valence-corrected chi connectivity index (χ3v) is 5.76. The molecule has 0 fully saturated rings. The van der Waals surface area contributed by atoms with Gasteiger partial charge in [-0.3, -0.25) is 4.79 Å². The summed E-state index contributed by atoms with van der Waals surface area (Å²) in [4.78, 5) is 26.2. The second-order valence-electron chi connectivity index (χ2n) is 6.78. The average Bonchev–Trinajstić information content (AvgIpc) is 3.24. The van der Waals surface area contributed by atoms with Crippen LogP contribution in [0, 0.1) is 6.92 Å². The molecule has 1 N–H and O–H groups in total. The van der Waals surface area contributed by atoms with Crippen molar-refractivity contribution in [1.82, 2.24) is 29.8 Å². The highest BCUT2D eigenvalue weighted by Crippen LogP contribution is 2.38. The molecule has 0 radical (unpaired) electrons. The summed E-state index contributed by atoms with van der Waals surface area (Å²) in [6, 6.07) is 0. The predicted octanol–water partition coefficient (Wildman–Crippen LogP) is 1.82. The molecule has 0 saturated carbocycles. The van der Waals surface area contributed by atoms with Crippen LogP contribution < -0.4 is 5.32 Å². The molecule has 0 spiro atoms. The van der Waals surface area contributed by atoms with Gasteiger partial charge in [-0.1, -0.05) is 0 Å². The van der Waals surface area contributed by atoms with E-state index in [9.17, 15) is 4.79 Å². The van der Waals surface area contributed by atoms with Gasteiger partial charge < -0.3 is 10.2 Å². The van der Waals surface area contributed by atoms with E-state index < -0.39 is 0 Å². The van der Waals surface area contributed by atoms with Crippen LogP contribution in [0.25, 0.3) is 15.9 Å². The van der Waals surface area contributed by atoms with Crippen LogP contribution in [-0.4, -0.2) is 57.6 Å². The van der Waals surface area contributed by atoms with E-state index in [1.54, 1.807) is 15.9 Å². The largest absolute Gasteiger partial charge is 0.349 e. The zero-order chi connectivity index (χ0) is 17.6. The number of nitrogens with zero attached hydrogens (tertiary/aromatic N) is 5. The van der Waals surface area contributed by atoms with Gasteiger partial charge >= 0.3 is 0 Å². The second-order valence-corrected chi connectivity index (χ2v) is 7.86. The molecule has 0 saturated heterocycles. The third-order valence-electron chi connectivity index (χ3n) is 4.57. The summed E-state index contributed by atoms with van der Waals surface area (Å²) >= 11 is 1.76. The van der Waals surface area contributed by atoms with E-state index in [4.69, 9.17) is 0 Å². The molecule has 132 valence electrons. The van der Waals surface area contributed by atoms with Crippen LogP contribution in [0.1, 0.15) is 39.7 Å². The predicted molar refractivity (Wildman–Crippen MR) is 98.4 cm³/mol. The van der Waals surface area contributed by atoms with Crippen LogP contribution in [0.2, 0.25) is 0 Å². The van der Waals surface area contributed by atoms with Gasteiger partial charge in [0.05, 0.1) is 5.39 Å². The number of carbonyl (C=O) groups excluding carboxylic acids is 1. The van der Waals surface area contributed by atoms with Gasteiger partial charge in [0.2, 0.25) is 5.82 Å². The minimum atomic E-state index is -0.220. The van der Waals surface area contributed by atoms with Crippen molar-refractivity contribution >= 4 is 33.1 Å². The Morgan fingerprint density at radius 3 is 2.96 bits per heavy atom. The van der Waals surface area contributed by atoms with E-state index in [-0.39, 0.29) is 11.7 Å². The monoisotopic (exact) mass is 358 g/mol. The lowest BCUT2D eigenvalue weighted by atomic mass is 10.2. The molecular weight excluding hydrogens is 336 g/mol. The van der Waals surface area contributed by atoms with Crippen molar-refractivity contribution in [1.29, 1.82) is 0 Å². The standard InChI is InChI=1S/C17H22N6OS/c1-10-19-17-13(11-6-4-7-12(11)25-17)15-20-14(21-23(10)15)16(24)18-8-5-9-22(2)3/h4-9H2,1-3H3,(H,18,24). The Balaban J connectivity index is 1.66. The van der Waals surface area contributed by atoms with Crippen molar-refractivity contribution in [3.63, 3.8) is 0 Å². The van der Waals surface area contributed by atoms with Gasteiger partial charge in [-0.15, -0.1) is 16.4 Å². The number of carbonyl (C=O) groups is 1. The average molecular weight is 358 g/mol. The minimum Gasteiger partial charge on any atom is -0.349 e. The lowest BCUT2D eigenvalue weighted by Gasteiger charge is -2.08. The topological polar surface area (TPSA) is 75.4 Å². The molecule has 0 unspecified atom stereocenters. The lowest BCUT2D eigenvalue weighted by Crippen LogP contribution is -2.28. The summed E-state index contributed by atoms with van der Waals surface area (Å²) in [5.74, 6) is 0.767. The fourth-order valence-electron chi connectivity index (χ4n) is 3.37. The molecule has 4 rings (SSSR count). The first kappa shape index (κ1) is 16.4. The molecule has 0 aromatic carbocycles. The first-order chi connectivity index (χ1) is 12.0. The van der Waals surface area contributed by atoms with Gasteiger partial charge in [0.1, 0.15) is 10.7 Å². The maximum atomic E-state index is 12.4. The molecule has 8 heteroatoms. The van der Waals surface area contributed by atoms with Crippen LogP contribution in [0.4, 0.5) is 0 Å². The second kappa shape index (κ2) is 6.34. The Kier molecular flexibility index (Phi) is 4.16. The first-order valence-electron chi connectivity index (χ1n) is 8.65. The van der Waals surface area contributed by atoms with Crippen molar-refractivity contribution in [3.05, 3.63) is 22.1 Å². The van der Waals surface area contributed by atoms with Crippen LogP contribution in [-0.2, 0) is 12.8 Å². The Morgan fingerprint density at radius 1 is 1.32 bits per heavy atom. The number of aryl methyl sites for hydroxylation is 3. The van der Waals surface area contributed by atoms with E-state index in [1.165, 1.54) is 16.9 Å². The van der Waals surface area contributed by atoms with Crippen LogP contribution >= 0.6 is 11.3 Å². The Hall–Kier alpha value is -2.06. The highest BCUT2D eigenvalue weighted by atomic mass is 32.1. The number of rotatable bonds is 5. The molecular formula is C17H22N6OS. The van der Waals surface area contributed by atoms with Crippen molar-refractivity contribution in [3.8, 4) is 0 Å². The van der Waals surface area contributed by atoms with Crippen LogP contribution in [0.15, 0.2) is 0 Å². The molecule has 0 aliphatic heterocycles. The quantitative estimate of drug-likeness (QED) is 0.704. The van der Waals surface area contributed by atoms with E-state index in [0.29, 0.717) is 6.54 Å². The molecule has 1 aliphatic rings. The number of thiophene rings is 1. The summed E-state index contributed by atoms with van der Waals surface area (Å²) in [6.07, 6.45) is 4.27. The molecule has 7 nitrogen and oxygen atoms in total. The van der Waals surface area contributed by atoms with Crippen LogP contribution in [0.3, 0.4) is 0 Å². The molecule has 1 amide bonds. The maximum Gasteiger partial charge on any atom is 0.290 e. The van der Waals surface area contributed by atoms with E-state index in [1.807, 2.05) is 21.0 Å². The van der Waals surface area contributed by atoms with Crippen LogP contribution in [0.5, 0.6) is 0 Å². The van der Waals surface area contributed by atoms with Gasteiger partial charge in [-0.25, -0.2) is 9.97 Å². The molecule has 1 aliphatic carbocycles. The van der Waals surface area contributed by atoms with Crippen molar-refractivity contribution in [2.24, 2.45) is 0 Å². The van der Waals surface area contributed by atoms with Gasteiger partial charge in [0, 0.05) is 11.4 Å². The highest BCUT2D eigenvalue weighted by molar-refractivity contribution is 7.19. The summed E-state index contributed by atoms with van der Waals surface area (Å²) in [7, 11) is 4.04. The number of hydrogen-bond acceptors (Lipinski definition) is 6.